The number of rotatable bonds is 6. The van der Waals surface area contributed by atoms with Gasteiger partial charge in [-0.1, -0.05) is 42.5 Å². The third-order valence-electron chi connectivity index (χ3n) is 5.04. The van der Waals surface area contributed by atoms with Crippen LogP contribution < -0.4 is 4.18 Å². The number of phenolic OH excluding ortho intramolecular Hbond substituents is 5. The molecule has 6 N–H and O–H groups in total. The van der Waals surface area contributed by atoms with Crippen molar-refractivity contribution in [2.45, 2.75) is 0 Å². The summed E-state index contributed by atoms with van der Waals surface area (Å²) < 4.78 is 57.8. The van der Waals surface area contributed by atoms with Crippen LogP contribution in [0.4, 0.5) is 0 Å². The van der Waals surface area contributed by atoms with Crippen molar-refractivity contribution in [3.8, 4) is 34.5 Å². The molecule has 0 bridgehead atoms. The average molecular weight is 665 g/mol. The SMILES string of the molecule is O=C1C=Cc2ccccc2C1=O.[N-]=[N+]=NS(=O)(=O)O.[N-]=[N+]=NS(=O)(=O)Oc1c(O)c(O)c(O)c(O)c1C(=O)c1ccccc1O. The molecule has 0 amide bonds. The minimum absolute atomic E-state index is 0.409. The number of fused-ring (bicyclic) bond motifs is 1. The van der Waals surface area contributed by atoms with Gasteiger partial charge in [0.2, 0.25) is 40.3 Å². The van der Waals surface area contributed by atoms with Crippen LogP contribution in [0.5, 0.6) is 34.5 Å². The number of hydrogen-bond acceptors (Lipinski definition) is 13. The Hall–Kier alpha value is -6.31. The van der Waals surface area contributed by atoms with Gasteiger partial charge in [-0.15, -0.1) is 0 Å². The van der Waals surface area contributed by atoms with Crippen LogP contribution in [0, 0.1) is 0 Å². The van der Waals surface area contributed by atoms with Crippen molar-refractivity contribution in [2.24, 2.45) is 9.04 Å². The van der Waals surface area contributed by atoms with E-state index in [1.807, 2.05) is 21.6 Å². The van der Waals surface area contributed by atoms with Crippen molar-refractivity contribution in [2.75, 3.05) is 0 Å². The molecule has 1 aliphatic rings. The molecule has 0 saturated carbocycles. The predicted octanol–water partition coefficient (Wildman–Crippen LogP) is 2.94. The Morgan fingerprint density at radius 3 is 1.87 bits per heavy atom. The average Bonchev–Trinajstić information content (AvgIpc) is 2.97. The Labute approximate surface area is 250 Å². The highest BCUT2D eigenvalue weighted by Gasteiger charge is 2.33. The van der Waals surface area contributed by atoms with Crippen molar-refractivity contribution in [1.82, 2.24) is 0 Å². The lowest BCUT2D eigenvalue weighted by molar-refractivity contribution is -0.110. The molecule has 0 radical (unpaired) electrons. The lowest BCUT2D eigenvalue weighted by Gasteiger charge is -2.15. The quantitative estimate of drug-likeness (QED) is 0.0322. The molecule has 45 heavy (non-hydrogen) atoms. The van der Waals surface area contributed by atoms with E-state index in [1.165, 1.54) is 18.2 Å². The summed E-state index contributed by atoms with van der Waals surface area (Å²) in [5, 5.41) is 48.6. The molecule has 3 aromatic rings. The van der Waals surface area contributed by atoms with Crippen molar-refractivity contribution in [3.63, 3.8) is 0 Å². The van der Waals surface area contributed by atoms with E-state index in [1.54, 1.807) is 23.1 Å². The highest BCUT2D eigenvalue weighted by atomic mass is 32.2. The first-order valence-corrected chi connectivity index (χ1v) is 13.9. The molecule has 0 heterocycles. The minimum Gasteiger partial charge on any atom is -0.507 e. The number of Topliss-reactive ketones (excluding diaryl/α,β-unsaturated/α-hetero) is 1. The molecule has 0 spiro atoms. The Kier molecular flexibility index (Phi) is 11.0. The summed E-state index contributed by atoms with van der Waals surface area (Å²) >= 11 is 0. The van der Waals surface area contributed by atoms with Gasteiger partial charge in [-0.05, 0) is 34.8 Å². The predicted molar refractivity (Wildman–Crippen MR) is 149 cm³/mol. The maximum absolute atomic E-state index is 12.6. The number of allylic oxidation sites excluding steroid dienone is 1. The topological polar surface area (TPSA) is 348 Å². The number of para-hydroxylation sites is 1. The third kappa shape index (κ3) is 8.84. The molecule has 0 aliphatic heterocycles. The zero-order valence-electron chi connectivity index (χ0n) is 21.7. The van der Waals surface area contributed by atoms with Crippen LogP contribution in [0.1, 0.15) is 31.8 Å². The number of azide groups is 2. The van der Waals surface area contributed by atoms with Gasteiger partial charge in [-0.3, -0.25) is 18.9 Å². The maximum atomic E-state index is 12.6. The molecule has 20 nitrogen and oxygen atoms in total. The van der Waals surface area contributed by atoms with Crippen LogP contribution in [0.2, 0.25) is 0 Å². The number of carbonyl (C=O) groups is 3. The summed E-state index contributed by atoms with van der Waals surface area (Å²) in [6, 6.07) is 11.9. The lowest BCUT2D eigenvalue weighted by atomic mass is 9.96. The van der Waals surface area contributed by atoms with Crippen LogP contribution in [-0.2, 0) is 25.4 Å². The summed E-state index contributed by atoms with van der Waals surface area (Å²) in [4.78, 5) is 38.5. The van der Waals surface area contributed by atoms with E-state index in [2.05, 4.69) is 8.70 Å². The van der Waals surface area contributed by atoms with Crippen LogP contribution in [0.15, 0.2) is 63.6 Å². The van der Waals surface area contributed by atoms with Gasteiger partial charge in [0.15, 0.2) is 5.75 Å². The molecule has 0 saturated heterocycles. The molecule has 0 unspecified atom stereocenters. The second kappa shape index (κ2) is 14.2. The first-order valence-electron chi connectivity index (χ1n) is 11.2. The molecule has 3 aromatic carbocycles. The first kappa shape index (κ1) is 34.9. The van der Waals surface area contributed by atoms with E-state index in [0.29, 0.717) is 5.56 Å². The zero-order valence-corrected chi connectivity index (χ0v) is 23.4. The van der Waals surface area contributed by atoms with Gasteiger partial charge >= 0.3 is 20.6 Å². The van der Waals surface area contributed by atoms with Crippen molar-refractivity contribution < 1.29 is 65.5 Å². The van der Waals surface area contributed by atoms with E-state index in [9.17, 15) is 56.8 Å². The summed E-state index contributed by atoms with van der Waals surface area (Å²) in [6.45, 7) is 0. The molecular weight excluding hydrogens is 648 g/mol. The van der Waals surface area contributed by atoms with Gasteiger partial charge in [0.05, 0.1) is 14.6 Å². The van der Waals surface area contributed by atoms with E-state index >= 15 is 0 Å². The smallest absolute Gasteiger partial charge is 0.403 e. The number of hydrogen-bond donors (Lipinski definition) is 6. The molecule has 0 aromatic heterocycles. The zero-order chi connectivity index (χ0) is 34.1. The van der Waals surface area contributed by atoms with Crippen molar-refractivity contribution in [3.05, 3.63) is 97.7 Å². The third-order valence-corrected chi connectivity index (χ3v) is 5.97. The van der Waals surface area contributed by atoms with E-state index < -0.39 is 83.6 Å². The first-order chi connectivity index (χ1) is 21.0. The van der Waals surface area contributed by atoms with Gasteiger partial charge < -0.3 is 29.7 Å². The fourth-order valence-electron chi connectivity index (χ4n) is 3.20. The van der Waals surface area contributed by atoms with Crippen LogP contribution in [0.3, 0.4) is 0 Å². The highest BCUT2D eigenvalue weighted by molar-refractivity contribution is 7.85. The number of nitrogens with zero attached hydrogens (tertiary/aromatic N) is 6. The number of benzene rings is 3. The molecule has 234 valence electrons. The molecular formula is C23H16N6O14S2. The van der Waals surface area contributed by atoms with Gasteiger partial charge in [-0.25, -0.2) is 0 Å². The van der Waals surface area contributed by atoms with Crippen LogP contribution >= 0.6 is 0 Å². The van der Waals surface area contributed by atoms with E-state index in [4.69, 9.17) is 15.6 Å². The molecule has 1 aliphatic carbocycles. The summed E-state index contributed by atoms with van der Waals surface area (Å²) in [6.07, 6.45) is 2.98. The number of carbonyl (C=O) groups excluding carboxylic acids is 3. The summed E-state index contributed by atoms with van der Waals surface area (Å²) in [5.74, 6) is -9.56. The largest absolute Gasteiger partial charge is 0.507 e. The van der Waals surface area contributed by atoms with Crippen LogP contribution in [0.25, 0.3) is 27.0 Å². The fourth-order valence-corrected chi connectivity index (χ4v) is 3.79. The minimum atomic E-state index is -5.07. The standard InChI is InChI=1S/C13H9N3O9S.C10H6O2.HN3O3S/c14-15-16-26(23,24)25-13-7(9(19)10(20)11(21)12(13)22)8(18)5-3-1-2-4-6(5)17;11-9-6-5-7-3-1-2-4-8(7)10(9)12;1-2-3-7(4,5)6/h1-4,17,19-22H;1-6H;(H,4,5,6). The van der Waals surface area contributed by atoms with E-state index in [-0.39, 0.29) is 0 Å². The normalized spacial score (nSPS) is 11.7. The molecule has 0 fully saturated rings. The number of ketones is 3. The van der Waals surface area contributed by atoms with Gasteiger partial charge in [0.25, 0.3) is 0 Å². The van der Waals surface area contributed by atoms with Crippen molar-refractivity contribution in [1.29, 1.82) is 0 Å². The van der Waals surface area contributed by atoms with Gasteiger partial charge in [0, 0.05) is 15.4 Å². The Bertz CT molecular complexity index is 2050. The fraction of sp³-hybridized carbons (Fsp3) is 0. The van der Waals surface area contributed by atoms with E-state index in [0.717, 1.165) is 17.7 Å². The second-order valence-corrected chi connectivity index (χ2v) is 10.1. The monoisotopic (exact) mass is 664 g/mol. The lowest BCUT2D eigenvalue weighted by Crippen LogP contribution is -2.15. The number of aromatic hydroxyl groups is 5. The van der Waals surface area contributed by atoms with Crippen molar-refractivity contribution >= 4 is 44.0 Å². The maximum Gasteiger partial charge on any atom is 0.403 e. The summed E-state index contributed by atoms with van der Waals surface area (Å²) in [5.41, 5.74) is 15.3. The van der Waals surface area contributed by atoms with Gasteiger partial charge in [-0.2, -0.15) is 16.8 Å². The second-order valence-electron chi connectivity index (χ2n) is 7.86. The number of phenols is 5. The molecule has 22 heteroatoms. The van der Waals surface area contributed by atoms with Gasteiger partial charge in [0.1, 0.15) is 11.3 Å². The Morgan fingerprint density at radius 1 is 0.756 bits per heavy atom. The summed E-state index contributed by atoms with van der Waals surface area (Å²) in [7, 11) is -9.54. The Balaban J connectivity index is 0.000000303. The molecule has 4 rings (SSSR count). The van der Waals surface area contributed by atoms with Crippen LogP contribution in [-0.4, -0.2) is 64.3 Å². The highest BCUT2D eigenvalue weighted by Crippen LogP contribution is 2.52. The Morgan fingerprint density at radius 2 is 1.31 bits per heavy atom. The molecule has 0 atom stereocenters.